The van der Waals surface area contributed by atoms with Crippen molar-refractivity contribution in [3.05, 3.63) is 182 Å². The van der Waals surface area contributed by atoms with Crippen LogP contribution in [-0.4, -0.2) is 96.7 Å². The number of ether oxygens (including phenoxy) is 4. The highest BCUT2D eigenvalue weighted by Crippen LogP contribution is 2.45. The van der Waals surface area contributed by atoms with E-state index in [9.17, 15) is 43.2 Å². The van der Waals surface area contributed by atoms with E-state index in [4.69, 9.17) is 37.0 Å². The molecule has 0 aliphatic heterocycles. The number of phosphoric ester groups is 2. The van der Waals surface area contributed by atoms with E-state index < -0.39 is 97.5 Å². The van der Waals surface area contributed by atoms with Crippen molar-refractivity contribution >= 4 is 39.5 Å². The normalized spacial score (nSPS) is 14.9. The van der Waals surface area contributed by atoms with Gasteiger partial charge in [0.1, 0.15) is 19.3 Å². The summed E-state index contributed by atoms with van der Waals surface area (Å²) in [6, 6.07) is 0. The van der Waals surface area contributed by atoms with Crippen LogP contribution in [0.4, 0.5) is 0 Å². The number of aliphatic hydroxyl groups excluding tert-OH is 1. The molecule has 0 radical (unpaired) electrons. The Balaban J connectivity index is 5.51. The zero-order valence-corrected chi connectivity index (χ0v) is 65.9. The van der Waals surface area contributed by atoms with Gasteiger partial charge in [-0.05, 0) is 141 Å². The fourth-order valence-corrected chi connectivity index (χ4v) is 11.1. The number of rotatable bonds is 71. The van der Waals surface area contributed by atoms with Gasteiger partial charge in [0, 0.05) is 25.7 Å². The van der Waals surface area contributed by atoms with Gasteiger partial charge in [0.05, 0.1) is 26.4 Å². The van der Waals surface area contributed by atoms with Gasteiger partial charge in [-0.1, -0.05) is 287 Å². The Labute approximate surface area is 628 Å². The van der Waals surface area contributed by atoms with Crippen molar-refractivity contribution in [2.45, 2.75) is 290 Å². The predicted molar refractivity (Wildman–Crippen MR) is 426 cm³/mol. The summed E-state index contributed by atoms with van der Waals surface area (Å²) in [6.07, 6.45) is 90.5. The second kappa shape index (κ2) is 75.4. The number of hydrogen-bond donors (Lipinski definition) is 3. The third-order valence-electron chi connectivity index (χ3n) is 15.4. The predicted octanol–water partition coefficient (Wildman–Crippen LogP) is 22.8. The Kier molecular flexibility index (Phi) is 71.2. The van der Waals surface area contributed by atoms with E-state index in [0.29, 0.717) is 44.9 Å². The number of esters is 4. The van der Waals surface area contributed by atoms with E-state index in [1.807, 2.05) is 36.5 Å². The SMILES string of the molecule is CC/C=C\C/C=C\C/C=C\C/C=C\C/C=C\C/C=C\CCC(=O)OCC(COP(=O)(O)OCC(O)COP(=O)(O)OCC(COC(=O)CCC/C=C\C/C=C\C/C=C\C/C=C\C/C=C\CC)OC(=O)CCCC/C=C\C/C=C\C/C=C\C/C=C\CC)OC(=O)CCCCCCCCCCCCCCC. The largest absolute Gasteiger partial charge is 0.472 e. The van der Waals surface area contributed by atoms with Crippen molar-refractivity contribution in [2.24, 2.45) is 0 Å². The minimum atomic E-state index is -5.01. The lowest BCUT2D eigenvalue weighted by Crippen LogP contribution is -2.30. The lowest BCUT2D eigenvalue weighted by atomic mass is 10.0. The molecule has 0 aromatic carbocycles. The molecule has 3 N–H and O–H groups in total. The van der Waals surface area contributed by atoms with Gasteiger partial charge < -0.3 is 33.8 Å². The summed E-state index contributed by atoms with van der Waals surface area (Å²) in [5.74, 6) is -2.40. The summed E-state index contributed by atoms with van der Waals surface area (Å²) in [5, 5.41) is 10.6. The van der Waals surface area contributed by atoms with Gasteiger partial charge in [0.25, 0.3) is 0 Å². The van der Waals surface area contributed by atoms with E-state index in [-0.39, 0.29) is 25.7 Å². The van der Waals surface area contributed by atoms with Crippen LogP contribution in [0.3, 0.4) is 0 Å². The summed E-state index contributed by atoms with van der Waals surface area (Å²) in [7, 11) is -10.0. The van der Waals surface area contributed by atoms with Crippen molar-refractivity contribution in [1.82, 2.24) is 0 Å². The maximum absolute atomic E-state index is 13.1. The molecule has 0 bridgehead atoms. The van der Waals surface area contributed by atoms with Crippen LogP contribution in [0.2, 0.25) is 0 Å². The first-order chi connectivity index (χ1) is 50.7. The molecule has 5 unspecified atom stereocenters. The van der Waals surface area contributed by atoms with Gasteiger partial charge in [-0.15, -0.1) is 0 Å². The fourth-order valence-electron chi connectivity index (χ4n) is 9.57. The van der Waals surface area contributed by atoms with E-state index in [1.165, 1.54) is 51.4 Å². The van der Waals surface area contributed by atoms with Crippen molar-refractivity contribution in [1.29, 1.82) is 0 Å². The van der Waals surface area contributed by atoms with Crippen LogP contribution >= 0.6 is 15.6 Å². The molecule has 0 aliphatic rings. The van der Waals surface area contributed by atoms with Gasteiger partial charge >= 0.3 is 39.5 Å². The Morgan fingerprint density at radius 2 is 0.529 bits per heavy atom. The highest BCUT2D eigenvalue weighted by atomic mass is 31.2. The molecule has 0 saturated heterocycles. The van der Waals surface area contributed by atoms with Crippen molar-refractivity contribution in [3.8, 4) is 0 Å². The lowest BCUT2D eigenvalue weighted by Gasteiger charge is -2.21. The summed E-state index contributed by atoms with van der Waals surface area (Å²) < 4.78 is 68.4. The van der Waals surface area contributed by atoms with Crippen molar-refractivity contribution in [2.75, 3.05) is 39.6 Å². The minimum absolute atomic E-state index is 0.0221. The molecule has 104 heavy (non-hydrogen) atoms. The molecule has 0 rings (SSSR count). The van der Waals surface area contributed by atoms with E-state index >= 15 is 0 Å². The average molecular weight is 1490 g/mol. The summed E-state index contributed by atoms with van der Waals surface area (Å²) in [5.41, 5.74) is 0. The average Bonchev–Trinajstić information content (AvgIpc) is 0.939. The zero-order chi connectivity index (χ0) is 76.0. The van der Waals surface area contributed by atoms with Crippen molar-refractivity contribution in [3.63, 3.8) is 0 Å². The lowest BCUT2D eigenvalue weighted by molar-refractivity contribution is -0.161. The number of phosphoric acid groups is 2. The third-order valence-corrected chi connectivity index (χ3v) is 17.3. The Bertz CT molecular complexity index is 2690. The number of unbranched alkanes of at least 4 members (excludes halogenated alkanes) is 15. The number of aliphatic hydroxyl groups is 1. The highest BCUT2D eigenvalue weighted by Gasteiger charge is 2.30. The van der Waals surface area contributed by atoms with Crippen LogP contribution in [0.1, 0.15) is 272 Å². The topological polar surface area (TPSA) is 237 Å². The Morgan fingerprint density at radius 3 is 0.856 bits per heavy atom. The molecule has 0 saturated carbocycles. The first-order valence-electron chi connectivity index (χ1n) is 39.0. The standard InChI is InChI=1S/C85H136O17P2/c1-5-9-13-17-21-25-29-33-36-38-39-41-44-47-50-54-58-62-66-70-83(88)95-75-80(101-84(89)71-67-63-59-55-51-45-32-28-24-20-16-12-8-4)77-99-103(91,92)97-73-79(86)74-98-104(93,94)100-78-81(102-85(90)72-68-64-60-56-52-48-42-35-31-27-23-19-15-11-7-3)76-96-82(87)69-65-61-57-53-49-46-43-40-37-34-30-26-22-18-14-10-6-2/h9-11,13-15,21-23,25-27,33-37,39,41-43,46-47,50,52-53,56-58,62,79-81,86H,5-8,12,16-20,24,28-32,38,40,44-45,48-49,51,54-55,59-61,63-78H2,1-4H3,(H,91,92)(H,93,94)/b13-9-,14-10-,15-11-,25-21-,26-22-,27-23-,36-33-,37-34-,41-39-,42-35-,46-43-,50-47-,56-52-,57-53-,62-58-. The molecule has 0 aromatic heterocycles. The van der Waals surface area contributed by atoms with Gasteiger partial charge in [0.2, 0.25) is 0 Å². The quantitative estimate of drug-likeness (QED) is 0.0169. The second-order valence-electron chi connectivity index (χ2n) is 25.2. The number of carbonyl (C=O) groups excluding carboxylic acids is 4. The van der Waals surface area contributed by atoms with E-state index in [2.05, 4.69) is 174 Å². The third kappa shape index (κ3) is 74.4. The van der Waals surface area contributed by atoms with Crippen LogP contribution in [0.5, 0.6) is 0 Å². The number of hydrogen-bond acceptors (Lipinski definition) is 15. The maximum atomic E-state index is 13.1. The van der Waals surface area contributed by atoms with E-state index in [0.717, 1.165) is 122 Å². The molecular weight excluding hydrogens is 1350 g/mol. The maximum Gasteiger partial charge on any atom is 0.472 e. The van der Waals surface area contributed by atoms with Gasteiger partial charge in [0.15, 0.2) is 12.2 Å². The molecule has 0 spiro atoms. The first-order valence-corrected chi connectivity index (χ1v) is 42.0. The molecule has 588 valence electrons. The zero-order valence-electron chi connectivity index (χ0n) is 64.1. The van der Waals surface area contributed by atoms with Gasteiger partial charge in [-0.25, -0.2) is 9.13 Å². The molecule has 19 heteroatoms. The minimum Gasteiger partial charge on any atom is -0.462 e. The summed E-state index contributed by atoms with van der Waals surface area (Å²) in [4.78, 5) is 72.9. The molecule has 17 nitrogen and oxygen atoms in total. The molecule has 0 aromatic rings. The highest BCUT2D eigenvalue weighted by molar-refractivity contribution is 7.47. The van der Waals surface area contributed by atoms with Crippen LogP contribution < -0.4 is 0 Å². The summed E-state index contributed by atoms with van der Waals surface area (Å²) >= 11 is 0. The molecule has 0 amide bonds. The number of carbonyl (C=O) groups is 4. The molecule has 5 atom stereocenters. The first kappa shape index (κ1) is 98.2. The number of allylic oxidation sites excluding steroid dienone is 30. The Hall–Kier alpha value is -5.84. The van der Waals surface area contributed by atoms with Crippen LogP contribution in [0, 0.1) is 0 Å². The summed E-state index contributed by atoms with van der Waals surface area (Å²) in [6.45, 7) is 4.30. The van der Waals surface area contributed by atoms with Gasteiger partial charge in [-0.2, -0.15) is 0 Å². The van der Waals surface area contributed by atoms with Crippen LogP contribution in [0.25, 0.3) is 0 Å². The molecular formula is C85H136O17P2. The van der Waals surface area contributed by atoms with Crippen molar-refractivity contribution < 1.29 is 80.2 Å². The van der Waals surface area contributed by atoms with Crippen LogP contribution in [0.15, 0.2) is 182 Å². The fraction of sp³-hybridized carbons (Fsp3) is 0.600. The molecule has 0 heterocycles. The smallest absolute Gasteiger partial charge is 0.462 e. The Morgan fingerprint density at radius 1 is 0.279 bits per heavy atom. The molecule has 0 aliphatic carbocycles. The van der Waals surface area contributed by atoms with E-state index in [1.54, 1.807) is 0 Å². The monoisotopic (exact) mass is 1490 g/mol. The molecule has 0 fully saturated rings. The van der Waals surface area contributed by atoms with Crippen LogP contribution in [-0.2, 0) is 65.4 Å². The second-order valence-corrected chi connectivity index (χ2v) is 28.1. The van der Waals surface area contributed by atoms with Gasteiger partial charge in [-0.3, -0.25) is 37.3 Å².